The summed E-state index contributed by atoms with van der Waals surface area (Å²) < 4.78 is 16.1. The lowest BCUT2D eigenvalue weighted by Crippen LogP contribution is -2.53. The number of nitrogens with one attached hydrogen (secondary N) is 1. The molecule has 3 aromatic rings. The highest BCUT2D eigenvalue weighted by Crippen LogP contribution is 2.36. The Morgan fingerprint density at radius 1 is 1.07 bits per heavy atom. The Balaban J connectivity index is 1.59. The van der Waals surface area contributed by atoms with Gasteiger partial charge in [-0.3, -0.25) is 9.52 Å². The zero-order valence-electron chi connectivity index (χ0n) is 26.0. The number of carbonyl (C=O) groups excluding carboxylic acids is 1. The van der Waals surface area contributed by atoms with E-state index in [9.17, 15) is 4.79 Å². The van der Waals surface area contributed by atoms with Crippen molar-refractivity contribution in [2.75, 3.05) is 24.5 Å². The smallest absolute Gasteiger partial charge is 0.254 e. The van der Waals surface area contributed by atoms with Gasteiger partial charge in [0.05, 0.1) is 17.8 Å². The molecule has 42 heavy (non-hydrogen) atoms. The summed E-state index contributed by atoms with van der Waals surface area (Å²) >= 11 is 1.39. The summed E-state index contributed by atoms with van der Waals surface area (Å²) in [5.74, 6) is 0.943. The first-order chi connectivity index (χ1) is 19.9. The molecule has 8 heteroatoms. The Hall–Kier alpha value is -3.10. The van der Waals surface area contributed by atoms with Gasteiger partial charge in [0.15, 0.2) is 0 Å². The lowest BCUT2D eigenvalue weighted by Gasteiger charge is -2.43. The second-order valence-electron chi connectivity index (χ2n) is 13.6. The molecule has 0 saturated carbocycles. The standard InChI is InChI=1S/C34H44N4O3S/c1-22-11-8-12-23(2)30(22)27-18-29-36-32(35-27)37-42-26-14-9-13-24(17-26)31(39)38(25(21-41-29)19-33(3,4)5)20-28-34(6,7)15-10-16-40-28/h8-9,11-14,17-18,25,28H,10,15-16,19-21H2,1-7H3,(H,35,36,37)/t25-,28?/m1/s1. The van der Waals surface area contributed by atoms with Crippen LogP contribution >= 0.6 is 11.9 Å². The maximum absolute atomic E-state index is 14.4. The van der Waals surface area contributed by atoms with Gasteiger partial charge in [-0.2, -0.15) is 4.98 Å². The Labute approximate surface area is 254 Å². The predicted molar refractivity (Wildman–Crippen MR) is 170 cm³/mol. The number of carbonyl (C=O) groups is 1. The van der Waals surface area contributed by atoms with Crippen molar-refractivity contribution in [1.82, 2.24) is 14.9 Å². The van der Waals surface area contributed by atoms with Crippen LogP contribution in [0, 0.1) is 24.7 Å². The van der Waals surface area contributed by atoms with E-state index in [2.05, 4.69) is 71.4 Å². The van der Waals surface area contributed by atoms with Crippen LogP contribution in [-0.2, 0) is 4.74 Å². The molecule has 1 unspecified atom stereocenters. The summed E-state index contributed by atoms with van der Waals surface area (Å²) in [6.07, 6.45) is 2.81. The van der Waals surface area contributed by atoms with Crippen LogP contribution in [-0.4, -0.2) is 52.7 Å². The molecule has 1 amide bonds. The van der Waals surface area contributed by atoms with Crippen molar-refractivity contribution >= 4 is 23.8 Å². The number of aromatic nitrogens is 2. The van der Waals surface area contributed by atoms with E-state index in [-0.39, 0.29) is 28.9 Å². The minimum absolute atomic E-state index is 0.00598. The third-order valence-corrected chi connectivity index (χ3v) is 9.05. The third kappa shape index (κ3) is 7.09. The maximum Gasteiger partial charge on any atom is 0.254 e. The SMILES string of the molecule is Cc1cccc(C)c1-c1cc2nc(n1)NSc1cccc(c1)C(=O)N(CC1OCCCC1(C)C)[C@H](CC(C)(C)C)CO2. The quantitative estimate of drug-likeness (QED) is 0.313. The van der Waals surface area contributed by atoms with E-state index < -0.39 is 0 Å². The predicted octanol–water partition coefficient (Wildman–Crippen LogP) is 7.72. The molecular formula is C34H44N4O3S. The van der Waals surface area contributed by atoms with Crippen LogP contribution in [0.15, 0.2) is 53.4 Å². The average molecular weight is 589 g/mol. The molecule has 1 saturated heterocycles. The Morgan fingerprint density at radius 3 is 2.52 bits per heavy atom. The summed E-state index contributed by atoms with van der Waals surface area (Å²) in [4.78, 5) is 26.9. The van der Waals surface area contributed by atoms with Crippen molar-refractivity contribution in [3.05, 3.63) is 65.2 Å². The van der Waals surface area contributed by atoms with Crippen molar-refractivity contribution < 1.29 is 14.3 Å². The molecule has 2 aliphatic rings. The number of benzene rings is 2. The van der Waals surface area contributed by atoms with E-state index >= 15 is 0 Å². The van der Waals surface area contributed by atoms with Crippen LogP contribution in [0.1, 0.15) is 75.4 Å². The molecule has 224 valence electrons. The summed E-state index contributed by atoms with van der Waals surface area (Å²) in [5, 5.41) is 0. The number of hydrogen-bond acceptors (Lipinski definition) is 7. The van der Waals surface area contributed by atoms with Gasteiger partial charge in [-0.25, -0.2) is 4.98 Å². The minimum Gasteiger partial charge on any atom is -0.475 e. The van der Waals surface area contributed by atoms with Gasteiger partial charge in [0, 0.05) is 35.2 Å². The highest BCUT2D eigenvalue weighted by molar-refractivity contribution is 8.00. The van der Waals surface area contributed by atoms with Gasteiger partial charge in [0.2, 0.25) is 11.8 Å². The summed E-state index contributed by atoms with van der Waals surface area (Å²) in [6.45, 7) is 16.9. The number of ether oxygens (including phenoxy) is 2. The summed E-state index contributed by atoms with van der Waals surface area (Å²) in [7, 11) is 0. The van der Waals surface area contributed by atoms with Gasteiger partial charge in [-0.1, -0.05) is 58.9 Å². The van der Waals surface area contributed by atoms with Gasteiger partial charge in [0.25, 0.3) is 5.91 Å². The molecule has 0 spiro atoms. The molecule has 7 nitrogen and oxygen atoms in total. The molecule has 1 fully saturated rings. The Morgan fingerprint density at radius 2 is 1.81 bits per heavy atom. The maximum atomic E-state index is 14.4. The van der Waals surface area contributed by atoms with E-state index in [0.29, 0.717) is 30.5 Å². The van der Waals surface area contributed by atoms with E-state index in [1.807, 2.05) is 35.2 Å². The van der Waals surface area contributed by atoms with Crippen LogP contribution in [0.5, 0.6) is 5.88 Å². The molecule has 0 radical (unpaired) electrons. The lowest BCUT2D eigenvalue weighted by molar-refractivity contribution is -0.0842. The highest BCUT2D eigenvalue weighted by Gasteiger charge is 2.39. The molecule has 5 rings (SSSR count). The summed E-state index contributed by atoms with van der Waals surface area (Å²) in [6, 6.07) is 15.8. The number of anilines is 1. The van der Waals surface area contributed by atoms with Crippen LogP contribution in [0.25, 0.3) is 11.3 Å². The van der Waals surface area contributed by atoms with Crippen molar-refractivity contribution in [2.24, 2.45) is 10.8 Å². The van der Waals surface area contributed by atoms with Gasteiger partial charge in [0.1, 0.15) is 6.61 Å². The fraction of sp³-hybridized carbons (Fsp3) is 0.500. The molecule has 2 aromatic carbocycles. The number of aryl methyl sites for hydroxylation is 2. The average Bonchev–Trinajstić information content (AvgIpc) is 2.92. The monoisotopic (exact) mass is 588 g/mol. The molecule has 3 heterocycles. The molecular weight excluding hydrogens is 544 g/mol. The Bertz CT molecular complexity index is 1410. The van der Waals surface area contributed by atoms with Crippen molar-refractivity contribution in [2.45, 2.75) is 84.8 Å². The van der Waals surface area contributed by atoms with Crippen molar-refractivity contribution in [3.63, 3.8) is 0 Å². The van der Waals surface area contributed by atoms with Crippen LogP contribution < -0.4 is 9.46 Å². The van der Waals surface area contributed by atoms with Crippen LogP contribution in [0.3, 0.4) is 0 Å². The van der Waals surface area contributed by atoms with E-state index in [1.54, 1.807) is 0 Å². The van der Waals surface area contributed by atoms with E-state index in [0.717, 1.165) is 53.1 Å². The number of fused-ring (bicyclic) bond motifs is 4. The topological polar surface area (TPSA) is 76.6 Å². The third-order valence-electron chi connectivity index (χ3n) is 8.27. The largest absolute Gasteiger partial charge is 0.475 e. The Kier molecular flexibility index (Phi) is 8.86. The number of amides is 1. The molecule has 1 N–H and O–H groups in total. The van der Waals surface area contributed by atoms with Crippen molar-refractivity contribution in [3.8, 4) is 17.1 Å². The zero-order chi connectivity index (χ0) is 30.1. The van der Waals surface area contributed by atoms with Crippen LogP contribution in [0.4, 0.5) is 5.95 Å². The minimum atomic E-state index is -0.189. The highest BCUT2D eigenvalue weighted by atomic mass is 32.2. The van der Waals surface area contributed by atoms with E-state index in [1.165, 1.54) is 11.9 Å². The molecule has 4 bridgehead atoms. The summed E-state index contributed by atoms with van der Waals surface area (Å²) in [5.41, 5.74) is 4.74. The first kappa shape index (κ1) is 30.4. The van der Waals surface area contributed by atoms with Crippen molar-refractivity contribution in [1.29, 1.82) is 0 Å². The normalized spacial score (nSPS) is 20.9. The zero-order valence-corrected chi connectivity index (χ0v) is 26.8. The van der Waals surface area contributed by atoms with Gasteiger partial charge in [-0.15, -0.1) is 0 Å². The number of rotatable bonds is 4. The molecule has 0 aliphatic carbocycles. The number of nitrogens with zero attached hydrogens (tertiary/aromatic N) is 3. The fourth-order valence-electron chi connectivity index (χ4n) is 6.02. The second-order valence-corrected chi connectivity index (χ2v) is 14.4. The first-order valence-corrected chi connectivity index (χ1v) is 15.8. The lowest BCUT2D eigenvalue weighted by atomic mass is 9.79. The van der Waals surface area contributed by atoms with Gasteiger partial charge < -0.3 is 14.4 Å². The molecule has 2 aliphatic heterocycles. The molecule has 2 atom stereocenters. The van der Waals surface area contributed by atoms with E-state index in [4.69, 9.17) is 19.4 Å². The first-order valence-electron chi connectivity index (χ1n) is 14.9. The van der Waals surface area contributed by atoms with Crippen LogP contribution in [0.2, 0.25) is 0 Å². The van der Waals surface area contributed by atoms with Gasteiger partial charge in [-0.05, 0) is 85.2 Å². The molecule has 1 aromatic heterocycles. The number of hydrogen-bond donors (Lipinski definition) is 1. The fourth-order valence-corrected chi connectivity index (χ4v) is 6.65. The van der Waals surface area contributed by atoms with Gasteiger partial charge >= 0.3 is 0 Å². The second kappa shape index (κ2) is 12.3.